The molecule has 1 rings (SSSR count). The minimum Gasteiger partial charge on any atom is -0.394 e. The molecule has 0 aliphatic carbocycles. The number of nitrogens with two attached hydrogens (primary N) is 1. The van der Waals surface area contributed by atoms with Gasteiger partial charge in [-0.3, -0.25) is 4.55 Å². The number of ether oxygens (including phenoxy) is 3. The van der Waals surface area contributed by atoms with Crippen LogP contribution in [-0.4, -0.2) is 89.5 Å². The summed E-state index contributed by atoms with van der Waals surface area (Å²) in [6.45, 7) is -1.53. The fourth-order valence-electron chi connectivity index (χ4n) is 1.79. The largest absolute Gasteiger partial charge is 0.394 e. The number of hydrogen-bond acceptors (Lipinski definition) is 10. The van der Waals surface area contributed by atoms with Gasteiger partial charge in [-0.15, -0.1) is 0 Å². The molecule has 1 heterocycles. The zero-order chi connectivity index (χ0) is 16.4. The number of methoxy groups -OCH3 is 1. The lowest BCUT2D eigenvalue weighted by Crippen LogP contribution is -2.69. The third-order valence-electron chi connectivity index (χ3n) is 3.02. The zero-order valence-electron chi connectivity index (χ0n) is 11.1. The van der Waals surface area contributed by atoms with Crippen LogP contribution < -0.4 is 5.73 Å². The lowest BCUT2D eigenvalue weighted by Gasteiger charge is -2.45. The predicted octanol–water partition coefficient (Wildman–Crippen LogP) is -4.05. The highest BCUT2D eigenvalue weighted by molar-refractivity contribution is 7.87. The standard InChI is InChI=1S/C9H19NO10S/c1-18-5(10)3-19-9(21(15,16)17)8(14)7(13)6(12)4(2-11)20-9/h4-8,11-14H,2-3,10H2,1H3,(H,15,16,17)/t4-,5?,6+,7+,8-,9+/m1/s1. The molecule has 0 aromatic heterocycles. The molecule has 0 bridgehead atoms. The number of hydrogen-bond donors (Lipinski definition) is 6. The highest BCUT2D eigenvalue weighted by Crippen LogP contribution is 2.35. The lowest BCUT2D eigenvalue weighted by molar-refractivity contribution is -0.329. The topological polar surface area (TPSA) is 189 Å². The van der Waals surface area contributed by atoms with Crippen LogP contribution >= 0.6 is 0 Å². The van der Waals surface area contributed by atoms with Gasteiger partial charge in [-0.05, 0) is 0 Å². The molecule has 0 radical (unpaired) electrons. The van der Waals surface area contributed by atoms with E-state index in [9.17, 15) is 28.3 Å². The summed E-state index contributed by atoms with van der Waals surface area (Å²) < 4.78 is 46.5. The number of rotatable bonds is 6. The molecule has 0 aromatic rings. The van der Waals surface area contributed by atoms with Crippen LogP contribution in [0.25, 0.3) is 0 Å². The highest BCUT2D eigenvalue weighted by Gasteiger charge is 2.62. The summed E-state index contributed by atoms with van der Waals surface area (Å²) >= 11 is 0. The van der Waals surface area contributed by atoms with Gasteiger partial charge in [0.1, 0.15) is 24.5 Å². The van der Waals surface area contributed by atoms with Crippen molar-refractivity contribution in [2.75, 3.05) is 20.3 Å². The molecular weight excluding hydrogens is 314 g/mol. The molecule has 0 saturated carbocycles. The Morgan fingerprint density at radius 1 is 1.33 bits per heavy atom. The smallest absolute Gasteiger partial charge is 0.330 e. The Balaban J connectivity index is 3.16. The van der Waals surface area contributed by atoms with Gasteiger partial charge in [-0.1, -0.05) is 0 Å². The molecule has 21 heavy (non-hydrogen) atoms. The maximum Gasteiger partial charge on any atom is 0.330 e. The van der Waals surface area contributed by atoms with E-state index in [1.54, 1.807) is 0 Å². The highest BCUT2D eigenvalue weighted by atomic mass is 32.2. The van der Waals surface area contributed by atoms with E-state index in [1.165, 1.54) is 7.11 Å². The first-order chi connectivity index (χ1) is 9.60. The van der Waals surface area contributed by atoms with Gasteiger partial charge >= 0.3 is 15.2 Å². The fourth-order valence-corrected chi connectivity index (χ4v) is 2.69. The third kappa shape index (κ3) is 3.50. The molecule has 1 saturated heterocycles. The molecule has 0 aromatic carbocycles. The fraction of sp³-hybridized carbons (Fsp3) is 1.00. The van der Waals surface area contributed by atoms with Gasteiger partial charge in [0.25, 0.3) is 0 Å². The molecular formula is C9H19NO10S. The van der Waals surface area contributed by atoms with Gasteiger partial charge in [0, 0.05) is 7.11 Å². The average Bonchev–Trinajstić information content (AvgIpc) is 2.42. The van der Waals surface area contributed by atoms with Crippen LogP contribution in [0.2, 0.25) is 0 Å². The Kier molecular flexibility index (Phi) is 6.02. The first kappa shape index (κ1) is 18.6. The van der Waals surface area contributed by atoms with Crippen molar-refractivity contribution in [2.45, 2.75) is 35.8 Å². The second kappa shape index (κ2) is 6.78. The van der Waals surface area contributed by atoms with Crippen LogP contribution in [0.4, 0.5) is 0 Å². The molecule has 12 heteroatoms. The first-order valence-corrected chi connectivity index (χ1v) is 7.27. The number of aliphatic hydroxyl groups excluding tert-OH is 4. The van der Waals surface area contributed by atoms with Crippen molar-refractivity contribution in [3.05, 3.63) is 0 Å². The van der Waals surface area contributed by atoms with Crippen LogP contribution in [0.1, 0.15) is 0 Å². The second-order valence-corrected chi connectivity index (χ2v) is 5.95. The van der Waals surface area contributed by atoms with Crippen molar-refractivity contribution < 1.29 is 47.6 Å². The Bertz CT molecular complexity index is 442. The predicted molar refractivity (Wildman–Crippen MR) is 65.2 cm³/mol. The molecule has 11 nitrogen and oxygen atoms in total. The molecule has 7 N–H and O–H groups in total. The third-order valence-corrected chi connectivity index (χ3v) is 4.20. The van der Waals surface area contributed by atoms with Gasteiger partial charge in [-0.2, -0.15) is 8.42 Å². The van der Waals surface area contributed by atoms with Crippen molar-refractivity contribution in [3.63, 3.8) is 0 Å². The minimum absolute atomic E-state index is 0.631. The second-order valence-electron chi connectivity index (χ2n) is 4.43. The minimum atomic E-state index is -5.23. The summed E-state index contributed by atoms with van der Waals surface area (Å²) in [7, 11) is -4.03. The lowest BCUT2D eigenvalue weighted by atomic mass is 9.99. The molecule has 126 valence electrons. The molecule has 1 aliphatic heterocycles. The van der Waals surface area contributed by atoms with Crippen molar-refractivity contribution in [3.8, 4) is 0 Å². The first-order valence-electron chi connectivity index (χ1n) is 5.83. The van der Waals surface area contributed by atoms with E-state index < -0.39 is 59.1 Å². The normalized spacial score (nSPS) is 39.2. The van der Waals surface area contributed by atoms with Crippen LogP contribution in [0.15, 0.2) is 0 Å². The molecule has 1 aliphatic rings. The SMILES string of the molecule is COC(N)CO[C@]1(S(=O)(=O)O)O[C@H](CO)[C@H](O)[C@H](O)[C@H]1O. The van der Waals surface area contributed by atoms with Crippen LogP contribution in [0.3, 0.4) is 0 Å². The van der Waals surface area contributed by atoms with E-state index >= 15 is 0 Å². The summed E-state index contributed by atoms with van der Waals surface area (Å²) in [5.74, 6) is 0. The molecule has 6 atom stereocenters. The van der Waals surface area contributed by atoms with E-state index in [1.807, 2.05) is 0 Å². The van der Waals surface area contributed by atoms with E-state index in [0.29, 0.717) is 0 Å². The summed E-state index contributed by atoms with van der Waals surface area (Å²) in [6, 6.07) is 0. The van der Waals surface area contributed by atoms with Gasteiger partial charge in [0.15, 0.2) is 6.10 Å². The molecule has 1 unspecified atom stereocenters. The maximum absolute atomic E-state index is 11.5. The summed E-state index contributed by atoms with van der Waals surface area (Å²) in [6.07, 6.45) is -8.94. The summed E-state index contributed by atoms with van der Waals surface area (Å²) in [5.41, 5.74) is 5.34. The van der Waals surface area contributed by atoms with Gasteiger partial charge in [0.2, 0.25) is 0 Å². The van der Waals surface area contributed by atoms with Gasteiger partial charge in [-0.25, -0.2) is 0 Å². The van der Waals surface area contributed by atoms with Gasteiger partial charge < -0.3 is 40.4 Å². The maximum atomic E-state index is 11.5. The quantitative estimate of drug-likeness (QED) is 0.205. The van der Waals surface area contributed by atoms with E-state index in [0.717, 1.165) is 0 Å². The Hall–Kier alpha value is -0.410. The van der Waals surface area contributed by atoms with Crippen molar-refractivity contribution >= 4 is 10.1 Å². The van der Waals surface area contributed by atoms with Crippen LogP contribution in [0.5, 0.6) is 0 Å². The molecule has 0 spiro atoms. The molecule has 0 amide bonds. The van der Waals surface area contributed by atoms with Crippen molar-refractivity contribution in [1.82, 2.24) is 0 Å². The van der Waals surface area contributed by atoms with Gasteiger partial charge in [0.05, 0.1) is 13.2 Å². The monoisotopic (exact) mass is 333 g/mol. The van der Waals surface area contributed by atoms with Crippen LogP contribution in [-0.2, 0) is 24.3 Å². The van der Waals surface area contributed by atoms with Crippen molar-refractivity contribution in [2.24, 2.45) is 5.73 Å². The van der Waals surface area contributed by atoms with Crippen molar-refractivity contribution in [1.29, 1.82) is 0 Å². The molecule has 1 fully saturated rings. The summed E-state index contributed by atoms with van der Waals surface area (Å²) in [5, 5.41) is 35.0. The zero-order valence-corrected chi connectivity index (χ0v) is 11.9. The Morgan fingerprint density at radius 3 is 2.33 bits per heavy atom. The Morgan fingerprint density at radius 2 is 1.90 bits per heavy atom. The van der Waals surface area contributed by atoms with E-state index in [4.69, 9.17) is 20.3 Å². The average molecular weight is 333 g/mol. The summed E-state index contributed by atoms with van der Waals surface area (Å²) in [4.78, 5) is 0. The van der Waals surface area contributed by atoms with Crippen LogP contribution in [0, 0.1) is 0 Å². The van der Waals surface area contributed by atoms with E-state index in [-0.39, 0.29) is 0 Å². The number of aliphatic hydroxyl groups is 4. The van der Waals surface area contributed by atoms with E-state index in [2.05, 4.69) is 4.74 Å². The Labute approximate surface area is 120 Å².